The van der Waals surface area contributed by atoms with Crippen molar-refractivity contribution in [1.82, 2.24) is 10.2 Å². The first-order valence-electron chi connectivity index (χ1n) is 9.84. The maximum absolute atomic E-state index is 14.2. The van der Waals surface area contributed by atoms with Crippen LogP contribution in [0.4, 0.5) is 23.2 Å². The molecule has 2 aromatic carbocycles. The van der Waals surface area contributed by atoms with E-state index in [9.17, 15) is 22.4 Å². The molecule has 0 saturated carbocycles. The number of hydrogen-bond donors (Lipinski definition) is 1. The number of carbonyl (C=O) groups excluding carboxylic acids is 1. The van der Waals surface area contributed by atoms with Crippen LogP contribution in [0.1, 0.15) is 23.7 Å². The predicted molar refractivity (Wildman–Crippen MR) is 117 cm³/mol. The minimum atomic E-state index is -1.64. The average Bonchev–Trinajstić information content (AvgIpc) is 2.80. The number of carbonyl (C=O) groups is 1. The number of ether oxygens (including phenoxy) is 1. The zero-order valence-electron chi connectivity index (χ0n) is 17.1. The molecule has 0 aliphatic carbocycles. The van der Waals surface area contributed by atoms with Gasteiger partial charge in [-0.15, -0.1) is 0 Å². The fourth-order valence-corrected chi connectivity index (χ4v) is 3.64. The van der Waals surface area contributed by atoms with Crippen LogP contribution >= 0.6 is 23.8 Å². The standard InChI is InChI=1S/C21H20ClF4N3O2S/c1-2-10-31-13-5-3-4-12(11-13)20(30)27-21(32)29-8-6-28(7-9-29)19-17(25)15(23)14(22)16(24)18(19)26/h3-5,11H,2,6-10H2,1H3,(H,27,30,32). The van der Waals surface area contributed by atoms with Crippen molar-refractivity contribution in [3.05, 3.63) is 58.1 Å². The zero-order chi connectivity index (χ0) is 23.4. The molecular formula is C21H20ClF4N3O2S. The number of thiocarbonyl (C=S) groups is 1. The van der Waals surface area contributed by atoms with Gasteiger partial charge >= 0.3 is 0 Å². The lowest BCUT2D eigenvalue weighted by atomic mass is 10.2. The van der Waals surface area contributed by atoms with Gasteiger partial charge in [0, 0.05) is 31.7 Å². The molecule has 2 aromatic rings. The van der Waals surface area contributed by atoms with Crippen LogP contribution in [0, 0.1) is 23.3 Å². The van der Waals surface area contributed by atoms with Gasteiger partial charge in [0.2, 0.25) is 0 Å². The van der Waals surface area contributed by atoms with E-state index < -0.39 is 39.9 Å². The second-order valence-electron chi connectivity index (χ2n) is 7.03. The molecule has 0 spiro atoms. The summed E-state index contributed by atoms with van der Waals surface area (Å²) in [5.41, 5.74) is -0.459. The van der Waals surface area contributed by atoms with E-state index in [1.165, 1.54) is 4.90 Å². The Balaban J connectivity index is 1.63. The third kappa shape index (κ3) is 5.07. The summed E-state index contributed by atoms with van der Waals surface area (Å²) in [7, 11) is 0. The quantitative estimate of drug-likeness (QED) is 0.289. The van der Waals surface area contributed by atoms with Crippen LogP contribution in [0.5, 0.6) is 5.75 Å². The van der Waals surface area contributed by atoms with Gasteiger partial charge in [-0.1, -0.05) is 24.6 Å². The van der Waals surface area contributed by atoms with Gasteiger partial charge in [-0.25, -0.2) is 17.6 Å². The van der Waals surface area contributed by atoms with Crippen molar-refractivity contribution in [3.63, 3.8) is 0 Å². The van der Waals surface area contributed by atoms with E-state index in [1.54, 1.807) is 29.2 Å². The number of amides is 1. The lowest BCUT2D eigenvalue weighted by molar-refractivity contribution is 0.0972. The molecule has 11 heteroatoms. The number of benzene rings is 2. The van der Waals surface area contributed by atoms with E-state index in [1.807, 2.05) is 6.92 Å². The van der Waals surface area contributed by atoms with Crippen LogP contribution < -0.4 is 15.0 Å². The van der Waals surface area contributed by atoms with Crippen molar-refractivity contribution in [2.45, 2.75) is 13.3 Å². The van der Waals surface area contributed by atoms with Crippen LogP contribution in [0.15, 0.2) is 24.3 Å². The summed E-state index contributed by atoms with van der Waals surface area (Å²) in [6, 6.07) is 6.64. The number of piperazine rings is 1. The molecule has 5 nitrogen and oxygen atoms in total. The summed E-state index contributed by atoms with van der Waals surface area (Å²) in [6.07, 6.45) is 0.829. The molecule has 172 valence electrons. The first kappa shape index (κ1) is 24.1. The SMILES string of the molecule is CCCOc1cccc(C(=O)NC(=S)N2CCN(c3c(F)c(F)c(Cl)c(F)c3F)CC2)c1. The molecule has 0 bridgehead atoms. The summed E-state index contributed by atoms with van der Waals surface area (Å²) >= 11 is 10.6. The average molecular weight is 490 g/mol. The van der Waals surface area contributed by atoms with Crippen molar-refractivity contribution >= 4 is 40.5 Å². The summed E-state index contributed by atoms with van der Waals surface area (Å²) in [6.45, 7) is 2.87. The van der Waals surface area contributed by atoms with Crippen LogP contribution in [0.3, 0.4) is 0 Å². The lowest BCUT2D eigenvalue weighted by Gasteiger charge is -2.37. The zero-order valence-corrected chi connectivity index (χ0v) is 18.6. The van der Waals surface area contributed by atoms with Crippen LogP contribution in [0.2, 0.25) is 5.02 Å². The van der Waals surface area contributed by atoms with E-state index >= 15 is 0 Å². The molecule has 1 amide bonds. The number of halogens is 5. The summed E-state index contributed by atoms with van der Waals surface area (Å²) in [5.74, 6) is -6.26. The molecule has 1 N–H and O–H groups in total. The Hall–Kier alpha value is -2.59. The number of nitrogens with one attached hydrogen (secondary N) is 1. The van der Waals surface area contributed by atoms with Gasteiger partial charge in [-0.2, -0.15) is 0 Å². The largest absolute Gasteiger partial charge is 0.494 e. The highest BCUT2D eigenvalue weighted by atomic mass is 35.5. The van der Waals surface area contributed by atoms with Gasteiger partial charge in [-0.05, 0) is 36.8 Å². The van der Waals surface area contributed by atoms with Crippen LogP contribution in [-0.2, 0) is 0 Å². The third-order valence-corrected chi connectivity index (χ3v) is 5.55. The molecule has 1 heterocycles. The van der Waals surface area contributed by atoms with Gasteiger partial charge in [0.25, 0.3) is 5.91 Å². The maximum Gasteiger partial charge on any atom is 0.257 e. The van der Waals surface area contributed by atoms with Crippen LogP contribution in [0.25, 0.3) is 0 Å². The fraction of sp³-hybridized carbons (Fsp3) is 0.333. The lowest BCUT2D eigenvalue weighted by Crippen LogP contribution is -2.53. The first-order valence-corrected chi connectivity index (χ1v) is 10.6. The van der Waals surface area contributed by atoms with Crippen molar-refractivity contribution in [3.8, 4) is 5.75 Å². The number of rotatable bonds is 5. The number of nitrogens with zero attached hydrogens (tertiary/aromatic N) is 2. The number of hydrogen-bond acceptors (Lipinski definition) is 4. The molecule has 3 rings (SSSR count). The van der Waals surface area contributed by atoms with Crippen molar-refractivity contribution < 1.29 is 27.1 Å². The van der Waals surface area contributed by atoms with Crippen molar-refractivity contribution in [2.75, 3.05) is 37.7 Å². The third-order valence-electron chi connectivity index (χ3n) is 4.86. The van der Waals surface area contributed by atoms with E-state index in [-0.39, 0.29) is 31.3 Å². The van der Waals surface area contributed by atoms with Crippen molar-refractivity contribution in [1.29, 1.82) is 0 Å². The Morgan fingerprint density at radius 2 is 1.72 bits per heavy atom. The minimum Gasteiger partial charge on any atom is -0.494 e. The Morgan fingerprint density at radius 1 is 1.09 bits per heavy atom. The van der Waals surface area contributed by atoms with E-state index in [2.05, 4.69) is 5.32 Å². The Bertz CT molecular complexity index is 1000. The molecule has 1 fully saturated rings. The van der Waals surface area contributed by atoms with E-state index in [0.717, 1.165) is 6.42 Å². The normalized spacial score (nSPS) is 13.8. The summed E-state index contributed by atoms with van der Waals surface area (Å²) in [4.78, 5) is 15.3. The molecular weight excluding hydrogens is 470 g/mol. The van der Waals surface area contributed by atoms with Gasteiger partial charge in [-0.3, -0.25) is 10.1 Å². The van der Waals surface area contributed by atoms with Gasteiger partial charge in [0.15, 0.2) is 28.4 Å². The highest BCUT2D eigenvalue weighted by molar-refractivity contribution is 7.80. The highest BCUT2D eigenvalue weighted by Crippen LogP contribution is 2.33. The molecule has 0 atom stereocenters. The fourth-order valence-electron chi connectivity index (χ4n) is 3.20. The summed E-state index contributed by atoms with van der Waals surface area (Å²) < 4.78 is 61.4. The molecule has 1 aliphatic rings. The molecule has 0 aromatic heterocycles. The maximum atomic E-state index is 14.2. The van der Waals surface area contributed by atoms with Crippen LogP contribution in [-0.4, -0.2) is 48.7 Å². The predicted octanol–water partition coefficient (Wildman–Crippen LogP) is 4.52. The molecule has 0 radical (unpaired) electrons. The Morgan fingerprint density at radius 3 is 2.31 bits per heavy atom. The van der Waals surface area contributed by atoms with E-state index in [4.69, 9.17) is 28.6 Å². The van der Waals surface area contributed by atoms with Gasteiger partial charge in [0.05, 0.1) is 6.61 Å². The molecule has 32 heavy (non-hydrogen) atoms. The Labute approximate surface area is 192 Å². The second-order valence-corrected chi connectivity index (χ2v) is 7.79. The molecule has 1 aliphatic heterocycles. The monoisotopic (exact) mass is 489 g/mol. The molecule has 0 unspecified atom stereocenters. The van der Waals surface area contributed by atoms with E-state index in [0.29, 0.717) is 17.9 Å². The summed E-state index contributed by atoms with van der Waals surface area (Å²) in [5, 5.41) is 1.51. The highest BCUT2D eigenvalue weighted by Gasteiger charge is 2.30. The minimum absolute atomic E-state index is 0.0186. The smallest absolute Gasteiger partial charge is 0.257 e. The Kier molecular flexibility index (Phi) is 7.78. The topological polar surface area (TPSA) is 44.8 Å². The number of anilines is 1. The van der Waals surface area contributed by atoms with Crippen molar-refractivity contribution in [2.24, 2.45) is 0 Å². The van der Waals surface area contributed by atoms with Gasteiger partial charge in [0.1, 0.15) is 16.5 Å². The second kappa shape index (κ2) is 10.4. The molecule has 1 saturated heterocycles. The first-order chi connectivity index (χ1) is 15.2. The van der Waals surface area contributed by atoms with Gasteiger partial charge < -0.3 is 14.5 Å².